The van der Waals surface area contributed by atoms with E-state index in [1.807, 2.05) is 11.5 Å². The zero-order chi connectivity index (χ0) is 14.3. The molecule has 0 spiro atoms. The molecular weight excluding hydrogens is 260 g/mol. The summed E-state index contributed by atoms with van der Waals surface area (Å²) >= 11 is 0. The maximum absolute atomic E-state index is 9.24. The molecule has 0 saturated carbocycles. The van der Waals surface area contributed by atoms with Crippen LogP contribution in [0.2, 0.25) is 0 Å². The maximum atomic E-state index is 9.24. The van der Waals surface area contributed by atoms with Gasteiger partial charge < -0.3 is 14.6 Å². The van der Waals surface area contributed by atoms with Gasteiger partial charge in [0.2, 0.25) is 5.88 Å². The summed E-state index contributed by atoms with van der Waals surface area (Å²) in [4.78, 5) is 13.0. The molecule has 2 aromatic rings. The number of aliphatic hydroxyl groups excluding tert-OH is 1. The average molecular weight is 278 g/mol. The highest BCUT2D eigenvalue weighted by molar-refractivity contribution is 5.76. The van der Waals surface area contributed by atoms with Crippen LogP contribution in [0.15, 0.2) is 6.33 Å². The van der Waals surface area contributed by atoms with Gasteiger partial charge in [-0.25, -0.2) is 9.97 Å². The van der Waals surface area contributed by atoms with Crippen LogP contribution in [0.5, 0.6) is 5.88 Å². The molecule has 0 bridgehead atoms. The highest BCUT2D eigenvalue weighted by Crippen LogP contribution is 2.36. The molecular formula is C13H18N4O3. The zero-order valence-corrected chi connectivity index (χ0v) is 11.8. The Balaban J connectivity index is 2.07. The van der Waals surface area contributed by atoms with Gasteiger partial charge in [0.1, 0.15) is 12.1 Å². The molecule has 108 valence electrons. The fourth-order valence-electron chi connectivity index (χ4n) is 2.70. The first kappa shape index (κ1) is 13.3. The molecule has 1 N–H and O–H groups in total. The van der Waals surface area contributed by atoms with Crippen LogP contribution in [0.4, 0.5) is 0 Å². The molecule has 0 aromatic carbocycles. The molecule has 1 fully saturated rings. The number of methoxy groups -OCH3 is 1. The molecule has 3 unspecified atom stereocenters. The molecule has 3 rings (SSSR count). The van der Waals surface area contributed by atoms with Gasteiger partial charge in [0.05, 0.1) is 26.1 Å². The average Bonchev–Trinajstić information content (AvgIpc) is 3.00. The van der Waals surface area contributed by atoms with E-state index in [0.29, 0.717) is 22.9 Å². The van der Waals surface area contributed by atoms with E-state index in [0.717, 1.165) is 6.42 Å². The van der Waals surface area contributed by atoms with Gasteiger partial charge in [0.15, 0.2) is 11.2 Å². The van der Waals surface area contributed by atoms with E-state index in [9.17, 15) is 5.11 Å². The Hall–Kier alpha value is -1.73. The summed E-state index contributed by atoms with van der Waals surface area (Å²) in [6.07, 6.45) is 2.22. The van der Waals surface area contributed by atoms with E-state index < -0.39 is 0 Å². The first-order valence-electron chi connectivity index (χ1n) is 6.65. The van der Waals surface area contributed by atoms with Crippen molar-refractivity contribution in [2.45, 2.75) is 32.6 Å². The van der Waals surface area contributed by atoms with Crippen molar-refractivity contribution in [3.63, 3.8) is 0 Å². The smallest absolute Gasteiger partial charge is 0.245 e. The van der Waals surface area contributed by atoms with Crippen LogP contribution in [-0.4, -0.2) is 44.4 Å². The summed E-state index contributed by atoms with van der Waals surface area (Å²) in [5, 5.41) is 9.24. The molecule has 1 aliphatic heterocycles. The lowest BCUT2D eigenvalue weighted by molar-refractivity contribution is -0.0294. The van der Waals surface area contributed by atoms with E-state index in [4.69, 9.17) is 9.47 Å². The molecule has 7 nitrogen and oxygen atoms in total. The van der Waals surface area contributed by atoms with Crippen LogP contribution < -0.4 is 4.74 Å². The number of hydrogen-bond donors (Lipinski definition) is 1. The van der Waals surface area contributed by atoms with Crippen molar-refractivity contribution in [3.8, 4) is 5.88 Å². The second-order valence-electron chi connectivity index (χ2n) is 5.15. The van der Waals surface area contributed by atoms with E-state index in [-0.39, 0.29) is 24.9 Å². The van der Waals surface area contributed by atoms with Gasteiger partial charge in [-0.1, -0.05) is 6.92 Å². The van der Waals surface area contributed by atoms with Crippen molar-refractivity contribution in [2.24, 2.45) is 5.92 Å². The quantitative estimate of drug-likeness (QED) is 0.904. The van der Waals surface area contributed by atoms with Gasteiger partial charge in [-0.05, 0) is 13.3 Å². The van der Waals surface area contributed by atoms with Crippen LogP contribution in [-0.2, 0) is 4.74 Å². The molecule has 1 saturated heterocycles. The standard InChI is InChI=1S/C13H18N4O3/c1-7-4-9(5-18)20-13(7)17-6-14-10-11(17)15-8(2)16-12(10)19-3/h6-7,9,13,18H,4-5H2,1-3H3. The normalized spacial score (nSPS) is 26.3. The predicted octanol–water partition coefficient (Wildman–Crippen LogP) is 1.06. The summed E-state index contributed by atoms with van der Waals surface area (Å²) < 4.78 is 13.0. The lowest BCUT2D eigenvalue weighted by atomic mass is 10.1. The number of rotatable bonds is 3. The van der Waals surface area contributed by atoms with Crippen LogP contribution in [0.1, 0.15) is 25.4 Å². The third-order valence-corrected chi connectivity index (χ3v) is 3.63. The Morgan fingerprint density at radius 3 is 2.95 bits per heavy atom. The summed E-state index contributed by atoms with van der Waals surface area (Å²) in [5.74, 6) is 1.38. The Morgan fingerprint density at radius 1 is 1.50 bits per heavy atom. The minimum atomic E-state index is -0.170. The Morgan fingerprint density at radius 2 is 2.30 bits per heavy atom. The van der Waals surface area contributed by atoms with Crippen LogP contribution >= 0.6 is 0 Å². The Labute approximate surface area is 116 Å². The fraction of sp³-hybridized carbons (Fsp3) is 0.615. The molecule has 20 heavy (non-hydrogen) atoms. The van der Waals surface area contributed by atoms with Gasteiger partial charge in [0.25, 0.3) is 0 Å². The number of fused-ring (bicyclic) bond motifs is 1. The van der Waals surface area contributed by atoms with E-state index in [2.05, 4.69) is 21.9 Å². The molecule has 7 heteroatoms. The SMILES string of the molecule is COc1nc(C)nc2c1ncn2C1OC(CO)CC1C. The van der Waals surface area contributed by atoms with Crippen LogP contribution in [0, 0.1) is 12.8 Å². The van der Waals surface area contributed by atoms with Crippen LogP contribution in [0.3, 0.4) is 0 Å². The topological polar surface area (TPSA) is 82.3 Å². The molecule has 0 radical (unpaired) electrons. The van der Waals surface area contributed by atoms with E-state index >= 15 is 0 Å². The molecule has 3 heterocycles. The second-order valence-corrected chi connectivity index (χ2v) is 5.15. The molecule has 2 aromatic heterocycles. The number of ether oxygens (including phenoxy) is 2. The summed E-state index contributed by atoms with van der Waals surface area (Å²) in [7, 11) is 1.57. The lowest BCUT2D eigenvalue weighted by Crippen LogP contribution is -2.15. The third kappa shape index (κ3) is 2.03. The maximum Gasteiger partial charge on any atom is 0.245 e. The van der Waals surface area contributed by atoms with Crippen molar-refractivity contribution in [1.82, 2.24) is 19.5 Å². The van der Waals surface area contributed by atoms with Gasteiger partial charge in [0, 0.05) is 5.92 Å². The number of nitrogens with zero attached hydrogens (tertiary/aromatic N) is 4. The molecule has 0 aliphatic carbocycles. The first-order chi connectivity index (χ1) is 9.63. The van der Waals surface area contributed by atoms with Crippen molar-refractivity contribution >= 4 is 11.2 Å². The number of aromatic nitrogens is 4. The van der Waals surface area contributed by atoms with Crippen molar-refractivity contribution in [1.29, 1.82) is 0 Å². The molecule has 3 atom stereocenters. The summed E-state index contributed by atoms with van der Waals surface area (Å²) in [6, 6.07) is 0. The van der Waals surface area contributed by atoms with Crippen molar-refractivity contribution in [3.05, 3.63) is 12.2 Å². The summed E-state index contributed by atoms with van der Waals surface area (Å²) in [5.41, 5.74) is 1.33. The Kier molecular flexibility index (Phi) is 3.31. The Bertz CT molecular complexity index is 627. The predicted molar refractivity (Wildman–Crippen MR) is 71.4 cm³/mol. The van der Waals surface area contributed by atoms with Gasteiger partial charge >= 0.3 is 0 Å². The monoisotopic (exact) mass is 278 g/mol. The zero-order valence-electron chi connectivity index (χ0n) is 11.8. The number of aryl methyl sites for hydroxylation is 1. The molecule has 1 aliphatic rings. The second kappa shape index (κ2) is 4.99. The summed E-state index contributed by atoms with van der Waals surface area (Å²) in [6.45, 7) is 3.94. The number of hydrogen-bond acceptors (Lipinski definition) is 6. The first-order valence-corrected chi connectivity index (χ1v) is 6.65. The van der Waals surface area contributed by atoms with Gasteiger partial charge in [-0.3, -0.25) is 4.57 Å². The van der Waals surface area contributed by atoms with Crippen molar-refractivity contribution < 1.29 is 14.6 Å². The minimum Gasteiger partial charge on any atom is -0.479 e. The highest BCUT2D eigenvalue weighted by Gasteiger charge is 2.34. The number of aliphatic hydroxyl groups is 1. The lowest BCUT2D eigenvalue weighted by Gasteiger charge is -2.17. The van der Waals surface area contributed by atoms with E-state index in [1.54, 1.807) is 13.4 Å². The molecule has 0 amide bonds. The van der Waals surface area contributed by atoms with Gasteiger partial charge in [-0.2, -0.15) is 4.98 Å². The fourth-order valence-corrected chi connectivity index (χ4v) is 2.70. The van der Waals surface area contributed by atoms with Crippen molar-refractivity contribution in [2.75, 3.05) is 13.7 Å². The van der Waals surface area contributed by atoms with Crippen LogP contribution in [0.25, 0.3) is 11.2 Å². The largest absolute Gasteiger partial charge is 0.479 e. The minimum absolute atomic E-state index is 0.0325. The third-order valence-electron chi connectivity index (χ3n) is 3.63. The van der Waals surface area contributed by atoms with Gasteiger partial charge in [-0.15, -0.1) is 0 Å². The highest BCUT2D eigenvalue weighted by atomic mass is 16.5. The number of imidazole rings is 1. The van der Waals surface area contributed by atoms with E-state index in [1.165, 1.54) is 0 Å².